The van der Waals surface area contributed by atoms with Gasteiger partial charge in [0, 0.05) is 5.70 Å². The van der Waals surface area contributed by atoms with Crippen LogP contribution in [0.3, 0.4) is 0 Å². The number of carbonyl (C=O) groups is 1. The van der Waals surface area contributed by atoms with Crippen molar-refractivity contribution in [1.29, 1.82) is 0 Å². The van der Waals surface area contributed by atoms with Crippen LogP contribution in [0.25, 0.3) is 0 Å². The lowest BCUT2D eigenvalue weighted by Gasteiger charge is -2.10. The van der Waals surface area contributed by atoms with E-state index < -0.39 is 40.6 Å². The van der Waals surface area contributed by atoms with Crippen LogP contribution < -0.4 is 5.32 Å². The Bertz CT molecular complexity index is 510. The molecule has 0 aliphatic rings. The highest BCUT2D eigenvalue weighted by molar-refractivity contribution is 5.88. The standard InChI is InChI=1S/C11H8F5NO/c1-4(3-5(2)18)17-11-9(15)7(13)6(12)8(14)10(11)16/h3,17H,1-2H3. The predicted octanol–water partition coefficient (Wildman–Crippen LogP) is 3.29. The van der Waals surface area contributed by atoms with Gasteiger partial charge < -0.3 is 5.32 Å². The molecule has 2 nitrogen and oxygen atoms in total. The van der Waals surface area contributed by atoms with Gasteiger partial charge in [0.15, 0.2) is 29.1 Å². The van der Waals surface area contributed by atoms with Crippen LogP contribution in [0.1, 0.15) is 13.8 Å². The zero-order chi connectivity index (χ0) is 14.0. The minimum absolute atomic E-state index is 0.0503. The zero-order valence-corrected chi connectivity index (χ0v) is 9.38. The second-order valence-corrected chi connectivity index (χ2v) is 3.51. The van der Waals surface area contributed by atoms with E-state index in [1.165, 1.54) is 13.8 Å². The summed E-state index contributed by atoms with van der Waals surface area (Å²) in [4.78, 5) is 10.7. The number of hydrogen-bond donors (Lipinski definition) is 1. The third kappa shape index (κ3) is 2.66. The first kappa shape index (κ1) is 14.1. The van der Waals surface area contributed by atoms with Gasteiger partial charge in [-0.1, -0.05) is 0 Å². The van der Waals surface area contributed by atoms with E-state index in [4.69, 9.17) is 0 Å². The zero-order valence-electron chi connectivity index (χ0n) is 9.38. The number of halogens is 5. The normalized spacial score (nSPS) is 11.6. The Labute approximate surface area is 99.1 Å². The first-order chi connectivity index (χ1) is 8.25. The van der Waals surface area contributed by atoms with E-state index in [0.29, 0.717) is 0 Å². The van der Waals surface area contributed by atoms with Gasteiger partial charge in [-0.15, -0.1) is 0 Å². The summed E-state index contributed by atoms with van der Waals surface area (Å²) in [6, 6.07) is 0. The van der Waals surface area contributed by atoms with Crippen LogP contribution >= 0.6 is 0 Å². The lowest BCUT2D eigenvalue weighted by molar-refractivity contribution is -0.112. The maximum absolute atomic E-state index is 13.2. The Morgan fingerprint density at radius 3 is 1.67 bits per heavy atom. The van der Waals surface area contributed by atoms with Gasteiger partial charge in [0.05, 0.1) is 0 Å². The van der Waals surface area contributed by atoms with Gasteiger partial charge in [-0.25, -0.2) is 22.0 Å². The molecule has 0 fully saturated rings. The molecule has 0 spiro atoms. The molecule has 0 aromatic heterocycles. The summed E-state index contributed by atoms with van der Waals surface area (Å²) in [6.07, 6.45) is 0.956. The number of carbonyl (C=O) groups excluding carboxylic acids is 1. The third-order valence-electron chi connectivity index (χ3n) is 1.95. The van der Waals surface area contributed by atoms with Gasteiger partial charge in [-0.3, -0.25) is 4.79 Å². The van der Waals surface area contributed by atoms with E-state index >= 15 is 0 Å². The van der Waals surface area contributed by atoms with E-state index in [1.54, 1.807) is 0 Å². The Balaban J connectivity index is 3.30. The largest absolute Gasteiger partial charge is 0.354 e. The number of rotatable bonds is 3. The molecule has 1 N–H and O–H groups in total. The summed E-state index contributed by atoms with van der Waals surface area (Å²) in [5.74, 6) is -10.7. The van der Waals surface area contributed by atoms with Gasteiger partial charge in [0.25, 0.3) is 0 Å². The van der Waals surface area contributed by atoms with Crippen LogP contribution in [0.15, 0.2) is 11.8 Å². The second-order valence-electron chi connectivity index (χ2n) is 3.51. The van der Waals surface area contributed by atoms with Crippen molar-refractivity contribution in [1.82, 2.24) is 0 Å². The van der Waals surface area contributed by atoms with Crippen LogP contribution in [0.4, 0.5) is 27.6 Å². The second kappa shape index (κ2) is 5.16. The van der Waals surface area contributed by atoms with Crippen LogP contribution in [0, 0.1) is 29.1 Å². The molecule has 0 atom stereocenters. The Morgan fingerprint density at radius 2 is 1.28 bits per heavy atom. The third-order valence-corrected chi connectivity index (χ3v) is 1.95. The highest BCUT2D eigenvalue weighted by atomic mass is 19.2. The quantitative estimate of drug-likeness (QED) is 0.393. The molecule has 0 unspecified atom stereocenters. The van der Waals surface area contributed by atoms with Crippen molar-refractivity contribution in [2.75, 3.05) is 5.32 Å². The topological polar surface area (TPSA) is 29.1 Å². The SMILES string of the molecule is CC(=O)C=C(C)Nc1c(F)c(F)c(F)c(F)c1F. The molecule has 1 aromatic carbocycles. The molecule has 0 aliphatic heterocycles. The predicted molar refractivity (Wildman–Crippen MR) is 54.3 cm³/mol. The number of anilines is 1. The number of ketones is 1. The minimum Gasteiger partial charge on any atom is -0.354 e. The van der Waals surface area contributed by atoms with Gasteiger partial charge >= 0.3 is 0 Å². The summed E-state index contributed by atoms with van der Waals surface area (Å²) in [7, 11) is 0. The number of allylic oxidation sites excluding steroid dienone is 2. The van der Waals surface area contributed by atoms with E-state index in [-0.39, 0.29) is 5.70 Å². The minimum atomic E-state index is -2.23. The molecule has 0 radical (unpaired) electrons. The van der Waals surface area contributed by atoms with E-state index in [2.05, 4.69) is 0 Å². The molecule has 0 heterocycles. The average molecular weight is 265 g/mol. The molecule has 1 rings (SSSR count). The monoisotopic (exact) mass is 265 g/mol. The lowest BCUT2D eigenvalue weighted by Crippen LogP contribution is -2.09. The fraction of sp³-hybridized carbons (Fsp3) is 0.182. The molecule has 1 aromatic rings. The molecular formula is C11H8F5NO. The van der Waals surface area contributed by atoms with Crippen molar-refractivity contribution in [2.45, 2.75) is 13.8 Å². The molecule has 0 aliphatic carbocycles. The lowest BCUT2D eigenvalue weighted by atomic mass is 10.2. The fourth-order valence-electron chi connectivity index (χ4n) is 1.25. The van der Waals surface area contributed by atoms with Crippen molar-refractivity contribution in [3.8, 4) is 0 Å². The van der Waals surface area contributed by atoms with Crippen molar-refractivity contribution < 1.29 is 26.7 Å². The molecule has 98 valence electrons. The fourth-order valence-corrected chi connectivity index (χ4v) is 1.25. The molecule has 7 heteroatoms. The number of hydrogen-bond acceptors (Lipinski definition) is 2. The summed E-state index contributed by atoms with van der Waals surface area (Å²) in [5, 5.41) is 1.96. The molecule has 0 saturated carbocycles. The van der Waals surface area contributed by atoms with E-state index in [1.807, 2.05) is 5.32 Å². The van der Waals surface area contributed by atoms with Crippen molar-refractivity contribution in [3.63, 3.8) is 0 Å². The van der Waals surface area contributed by atoms with Crippen LogP contribution in [-0.4, -0.2) is 5.78 Å². The summed E-state index contributed by atoms with van der Waals surface area (Å²) < 4.78 is 64.8. The first-order valence-corrected chi connectivity index (χ1v) is 4.73. The van der Waals surface area contributed by atoms with E-state index in [9.17, 15) is 26.7 Å². The Hall–Kier alpha value is -1.92. The van der Waals surface area contributed by atoms with Crippen LogP contribution in [0.5, 0.6) is 0 Å². The summed E-state index contributed by atoms with van der Waals surface area (Å²) in [5.41, 5.74) is -1.24. The summed E-state index contributed by atoms with van der Waals surface area (Å²) in [6.45, 7) is 2.42. The number of benzene rings is 1. The average Bonchev–Trinajstić information content (AvgIpc) is 2.29. The van der Waals surface area contributed by atoms with Crippen molar-refractivity contribution in [2.24, 2.45) is 0 Å². The molecule has 18 heavy (non-hydrogen) atoms. The maximum Gasteiger partial charge on any atom is 0.200 e. The van der Waals surface area contributed by atoms with Gasteiger partial charge in [0.1, 0.15) is 5.69 Å². The van der Waals surface area contributed by atoms with Gasteiger partial charge in [-0.2, -0.15) is 0 Å². The highest BCUT2D eigenvalue weighted by Gasteiger charge is 2.25. The van der Waals surface area contributed by atoms with Gasteiger partial charge in [-0.05, 0) is 19.9 Å². The van der Waals surface area contributed by atoms with Crippen molar-refractivity contribution in [3.05, 3.63) is 40.9 Å². The maximum atomic E-state index is 13.2. The van der Waals surface area contributed by atoms with Crippen molar-refractivity contribution >= 4 is 11.5 Å². The smallest absolute Gasteiger partial charge is 0.200 e. The highest BCUT2D eigenvalue weighted by Crippen LogP contribution is 2.27. The van der Waals surface area contributed by atoms with E-state index in [0.717, 1.165) is 6.08 Å². The van der Waals surface area contributed by atoms with Crippen LogP contribution in [0.2, 0.25) is 0 Å². The summed E-state index contributed by atoms with van der Waals surface area (Å²) >= 11 is 0. The van der Waals surface area contributed by atoms with Gasteiger partial charge in [0.2, 0.25) is 5.82 Å². The molecular weight excluding hydrogens is 257 g/mol. The first-order valence-electron chi connectivity index (χ1n) is 4.73. The van der Waals surface area contributed by atoms with Crippen LogP contribution in [-0.2, 0) is 4.79 Å². The Morgan fingerprint density at radius 1 is 0.889 bits per heavy atom. The Kier molecular flexibility index (Phi) is 4.05. The number of nitrogens with one attached hydrogen (secondary N) is 1. The molecule has 0 saturated heterocycles. The molecule has 0 bridgehead atoms. The molecule has 0 amide bonds.